The highest BCUT2D eigenvalue weighted by molar-refractivity contribution is 5.90. The second-order valence-electron chi connectivity index (χ2n) is 4.03. The van der Waals surface area contributed by atoms with E-state index >= 15 is 0 Å². The normalized spacial score (nSPS) is 15.9. The number of rotatable bonds is 1. The van der Waals surface area contributed by atoms with E-state index in [9.17, 15) is 4.79 Å². The molecule has 2 rings (SSSR count). The van der Waals surface area contributed by atoms with Crippen LogP contribution in [0.4, 0.5) is 5.69 Å². The lowest BCUT2D eigenvalue weighted by molar-refractivity contribution is 0.0600. The van der Waals surface area contributed by atoms with Crippen LogP contribution in [0, 0.1) is 0 Å². The Bertz CT molecular complexity index is 404. The number of esters is 1. The molecule has 0 saturated heterocycles. The minimum Gasteiger partial charge on any atom is -0.465 e. The summed E-state index contributed by atoms with van der Waals surface area (Å²) in [6, 6.07) is 5.64. The van der Waals surface area contributed by atoms with Crippen LogP contribution in [-0.2, 0) is 11.3 Å². The summed E-state index contributed by atoms with van der Waals surface area (Å²) >= 11 is 0. The number of benzene rings is 1. The molecule has 16 heavy (non-hydrogen) atoms. The van der Waals surface area contributed by atoms with Crippen molar-refractivity contribution in [2.75, 3.05) is 32.6 Å². The second-order valence-corrected chi connectivity index (χ2v) is 4.03. The molecule has 1 aliphatic heterocycles. The average Bonchev–Trinajstić information content (AvgIpc) is 2.47. The lowest BCUT2D eigenvalue weighted by Crippen LogP contribution is -2.20. The highest BCUT2D eigenvalue weighted by Crippen LogP contribution is 2.21. The molecule has 0 spiro atoms. The maximum atomic E-state index is 11.4. The molecule has 1 aliphatic rings. The number of nitrogens with zero attached hydrogens (tertiary/aromatic N) is 1. The van der Waals surface area contributed by atoms with E-state index in [0.29, 0.717) is 5.56 Å². The quantitative estimate of drug-likeness (QED) is 0.725. The number of nitrogens with one attached hydrogen (secondary N) is 1. The number of methoxy groups -OCH3 is 1. The van der Waals surface area contributed by atoms with Crippen LogP contribution in [0.3, 0.4) is 0 Å². The van der Waals surface area contributed by atoms with Crippen molar-refractivity contribution < 1.29 is 9.53 Å². The molecule has 0 radical (unpaired) electrons. The summed E-state index contributed by atoms with van der Waals surface area (Å²) in [5.41, 5.74) is 2.86. The maximum Gasteiger partial charge on any atom is 0.337 e. The van der Waals surface area contributed by atoms with Gasteiger partial charge in [0.25, 0.3) is 0 Å². The van der Waals surface area contributed by atoms with Gasteiger partial charge in [0, 0.05) is 25.3 Å². The van der Waals surface area contributed by atoms with Crippen molar-refractivity contribution in [1.82, 2.24) is 4.90 Å². The molecule has 0 fully saturated rings. The number of fused-ring (bicyclic) bond motifs is 1. The van der Waals surface area contributed by atoms with Gasteiger partial charge in [-0.2, -0.15) is 0 Å². The highest BCUT2D eigenvalue weighted by Gasteiger charge is 2.13. The number of likely N-dealkylation sites (N-methyl/N-ethyl adjacent to an activating group) is 1. The van der Waals surface area contributed by atoms with E-state index in [-0.39, 0.29) is 5.97 Å². The maximum absolute atomic E-state index is 11.4. The molecule has 4 heteroatoms. The lowest BCUT2D eigenvalue weighted by atomic mass is 10.1. The zero-order valence-corrected chi connectivity index (χ0v) is 9.62. The lowest BCUT2D eigenvalue weighted by Gasteiger charge is -2.12. The van der Waals surface area contributed by atoms with Crippen molar-refractivity contribution in [3.05, 3.63) is 29.3 Å². The predicted octanol–water partition coefficient (Wildman–Crippen LogP) is 1.33. The molecule has 1 aromatic rings. The first-order chi connectivity index (χ1) is 7.70. The molecule has 0 bridgehead atoms. The van der Waals surface area contributed by atoms with Gasteiger partial charge in [0.2, 0.25) is 0 Å². The van der Waals surface area contributed by atoms with E-state index < -0.39 is 0 Å². The molecular weight excluding hydrogens is 204 g/mol. The molecule has 0 amide bonds. The van der Waals surface area contributed by atoms with Gasteiger partial charge >= 0.3 is 5.97 Å². The molecule has 0 aromatic heterocycles. The topological polar surface area (TPSA) is 41.6 Å². The van der Waals surface area contributed by atoms with Gasteiger partial charge in [-0.05, 0) is 30.8 Å². The fraction of sp³-hybridized carbons (Fsp3) is 0.417. The van der Waals surface area contributed by atoms with Crippen LogP contribution in [0.15, 0.2) is 18.2 Å². The molecule has 0 atom stereocenters. The third kappa shape index (κ3) is 2.17. The Morgan fingerprint density at radius 1 is 1.50 bits per heavy atom. The summed E-state index contributed by atoms with van der Waals surface area (Å²) in [6.07, 6.45) is 0. The Morgan fingerprint density at radius 3 is 3.06 bits per heavy atom. The Labute approximate surface area is 95.2 Å². The molecule has 0 aliphatic carbocycles. The van der Waals surface area contributed by atoms with Crippen molar-refractivity contribution in [3.63, 3.8) is 0 Å². The van der Waals surface area contributed by atoms with E-state index in [1.54, 1.807) is 6.07 Å². The minimum atomic E-state index is -0.283. The van der Waals surface area contributed by atoms with Crippen LogP contribution in [0.2, 0.25) is 0 Å². The Kier molecular flexibility index (Phi) is 3.10. The van der Waals surface area contributed by atoms with Gasteiger partial charge in [0.15, 0.2) is 0 Å². The number of ether oxygens (including phenoxy) is 1. The first kappa shape index (κ1) is 11.0. The van der Waals surface area contributed by atoms with Crippen LogP contribution in [0.5, 0.6) is 0 Å². The van der Waals surface area contributed by atoms with Gasteiger partial charge in [-0.3, -0.25) is 0 Å². The highest BCUT2D eigenvalue weighted by atomic mass is 16.5. The third-order valence-corrected chi connectivity index (χ3v) is 2.78. The van der Waals surface area contributed by atoms with E-state index in [2.05, 4.69) is 17.3 Å². The van der Waals surface area contributed by atoms with Crippen molar-refractivity contribution in [3.8, 4) is 0 Å². The Morgan fingerprint density at radius 2 is 2.31 bits per heavy atom. The van der Waals surface area contributed by atoms with Crippen LogP contribution >= 0.6 is 0 Å². The molecule has 4 nitrogen and oxygen atoms in total. The molecule has 0 saturated carbocycles. The van der Waals surface area contributed by atoms with Gasteiger partial charge < -0.3 is 15.0 Å². The Hall–Kier alpha value is -1.55. The van der Waals surface area contributed by atoms with E-state index in [0.717, 1.165) is 30.9 Å². The summed E-state index contributed by atoms with van der Waals surface area (Å²) in [6.45, 7) is 2.79. The fourth-order valence-electron chi connectivity index (χ4n) is 1.89. The SMILES string of the molecule is COC(=O)c1ccc2c(c1)CN(C)CCN2. The average molecular weight is 220 g/mol. The largest absolute Gasteiger partial charge is 0.465 e. The zero-order chi connectivity index (χ0) is 11.5. The Balaban J connectivity index is 2.33. The van der Waals surface area contributed by atoms with Crippen molar-refractivity contribution in [2.45, 2.75) is 6.54 Å². The van der Waals surface area contributed by atoms with E-state index in [1.807, 2.05) is 12.1 Å². The molecule has 1 heterocycles. The zero-order valence-electron chi connectivity index (χ0n) is 9.62. The van der Waals surface area contributed by atoms with Crippen LogP contribution in [0.1, 0.15) is 15.9 Å². The van der Waals surface area contributed by atoms with Gasteiger partial charge in [0.1, 0.15) is 0 Å². The number of carbonyl (C=O) groups is 1. The number of hydrogen-bond donors (Lipinski definition) is 1. The van der Waals surface area contributed by atoms with Crippen LogP contribution < -0.4 is 5.32 Å². The van der Waals surface area contributed by atoms with Gasteiger partial charge in [-0.1, -0.05) is 0 Å². The molecule has 1 N–H and O–H groups in total. The van der Waals surface area contributed by atoms with Crippen LogP contribution in [-0.4, -0.2) is 38.1 Å². The van der Waals surface area contributed by atoms with Gasteiger partial charge in [0.05, 0.1) is 12.7 Å². The van der Waals surface area contributed by atoms with Crippen molar-refractivity contribution in [2.24, 2.45) is 0 Å². The first-order valence-electron chi connectivity index (χ1n) is 5.34. The van der Waals surface area contributed by atoms with Gasteiger partial charge in [-0.25, -0.2) is 4.79 Å². The predicted molar refractivity (Wildman–Crippen MR) is 62.6 cm³/mol. The standard InChI is InChI=1S/C12H16N2O2/c1-14-6-5-13-11-4-3-9(12(15)16-2)7-10(11)8-14/h3-4,7,13H,5-6,8H2,1-2H3. The smallest absolute Gasteiger partial charge is 0.337 e. The number of carbonyl (C=O) groups excluding carboxylic acids is 1. The number of hydrogen-bond acceptors (Lipinski definition) is 4. The molecule has 0 unspecified atom stereocenters. The first-order valence-corrected chi connectivity index (χ1v) is 5.34. The molecule has 86 valence electrons. The van der Waals surface area contributed by atoms with Crippen molar-refractivity contribution in [1.29, 1.82) is 0 Å². The summed E-state index contributed by atoms with van der Waals surface area (Å²) in [5, 5.41) is 3.35. The third-order valence-electron chi connectivity index (χ3n) is 2.78. The van der Waals surface area contributed by atoms with E-state index in [4.69, 9.17) is 4.74 Å². The summed E-state index contributed by atoms with van der Waals surface area (Å²) in [4.78, 5) is 13.6. The fourth-order valence-corrected chi connectivity index (χ4v) is 1.89. The summed E-state index contributed by atoms with van der Waals surface area (Å²) in [5.74, 6) is -0.283. The second kappa shape index (κ2) is 4.53. The summed E-state index contributed by atoms with van der Waals surface area (Å²) in [7, 11) is 3.47. The summed E-state index contributed by atoms with van der Waals surface area (Å²) < 4.78 is 4.71. The van der Waals surface area contributed by atoms with E-state index in [1.165, 1.54) is 7.11 Å². The monoisotopic (exact) mass is 220 g/mol. The molecule has 1 aromatic carbocycles. The molecular formula is C12H16N2O2. The number of anilines is 1. The van der Waals surface area contributed by atoms with Crippen LogP contribution in [0.25, 0.3) is 0 Å². The van der Waals surface area contributed by atoms with Gasteiger partial charge in [-0.15, -0.1) is 0 Å². The minimum absolute atomic E-state index is 0.283. The van der Waals surface area contributed by atoms with Crippen molar-refractivity contribution >= 4 is 11.7 Å².